The molecule has 3 heteroatoms. The molecule has 0 spiro atoms. The van der Waals surface area contributed by atoms with Gasteiger partial charge < -0.3 is 10.4 Å². The van der Waals surface area contributed by atoms with Crippen LogP contribution in [-0.2, 0) is 4.79 Å². The number of aliphatic hydroxyl groups excluding tert-OH is 1. The Hall–Kier alpha value is -1.79. The van der Waals surface area contributed by atoms with E-state index >= 15 is 0 Å². The van der Waals surface area contributed by atoms with Gasteiger partial charge in [-0.25, -0.2) is 0 Å². The molecule has 1 atom stereocenters. The number of rotatable bonds is 3. The van der Waals surface area contributed by atoms with Gasteiger partial charge in [-0.3, -0.25) is 4.79 Å². The van der Waals surface area contributed by atoms with Crippen LogP contribution in [-0.4, -0.2) is 17.6 Å². The van der Waals surface area contributed by atoms with Gasteiger partial charge in [-0.15, -0.1) is 6.42 Å². The summed E-state index contributed by atoms with van der Waals surface area (Å²) in [5, 5.41) is 11.5. The fourth-order valence-corrected chi connectivity index (χ4v) is 1.12. The summed E-state index contributed by atoms with van der Waals surface area (Å²) in [4.78, 5) is 10.9. The van der Waals surface area contributed by atoms with Crippen molar-refractivity contribution < 1.29 is 9.90 Å². The van der Waals surface area contributed by atoms with Gasteiger partial charge in [-0.05, 0) is 11.5 Å². The lowest BCUT2D eigenvalue weighted by Crippen LogP contribution is -2.29. The number of nitrogens with one attached hydrogen (secondary N) is 1. The van der Waals surface area contributed by atoms with Crippen LogP contribution >= 0.6 is 0 Å². The molecule has 2 N–H and O–H groups in total. The Morgan fingerprint density at radius 3 is 2.64 bits per heavy atom. The molecule has 0 saturated heterocycles. The minimum Gasteiger partial charge on any atom is -0.394 e. The molecular weight excluding hydrogens is 178 g/mol. The molecule has 1 aromatic rings. The summed E-state index contributed by atoms with van der Waals surface area (Å²) in [5.74, 6) is 1.42. The predicted octanol–water partition coefficient (Wildman–Crippen LogP) is 0.469. The molecule has 0 fully saturated rings. The third-order valence-corrected chi connectivity index (χ3v) is 1.82. The number of amides is 1. The fraction of sp³-hybridized carbons (Fsp3) is 0.182. The Bertz CT molecular complexity index is 340. The van der Waals surface area contributed by atoms with E-state index in [1.807, 2.05) is 36.3 Å². The second-order valence-corrected chi connectivity index (χ2v) is 2.76. The third-order valence-electron chi connectivity index (χ3n) is 1.82. The van der Waals surface area contributed by atoms with Crippen molar-refractivity contribution in [1.29, 1.82) is 0 Å². The molecule has 0 aromatic heterocycles. The lowest BCUT2D eigenvalue weighted by atomic mass is 10.1. The summed E-state index contributed by atoms with van der Waals surface area (Å²) in [6.07, 6.45) is 4.91. The zero-order valence-electron chi connectivity index (χ0n) is 7.60. The van der Waals surface area contributed by atoms with E-state index in [0.717, 1.165) is 5.56 Å². The SMILES string of the molecule is C#CC(=O)N[C@H](CO)c1ccccc1. The number of hydrogen-bond acceptors (Lipinski definition) is 2. The van der Waals surface area contributed by atoms with E-state index in [4.69, 9.17) is 11.5 Å². The van der Waals surface area contributed by atoms with Crippen molar-refractivity contribution in [3.63, 3.8) is 0 Å². The quantitative estimate of drug-likeness (QED) is 0.679. The lowest BCUT2D eigenvalue weighted by Gasteiger charge is -2.14. The first-order chi connectivity index (χ1) is 6.77. The smallest absolute Gasteiger partial charge is 0.296 e. The summed E-state index contributed by atoms with van der Waals surface area (Å²) >= 11 is 0. The van der Waals surface area contributed by atoms with Crippen LogP contribution in [0.3, 0.4) is 0 Å². The molecule has 0 bridgehead atoms. The summed E-state index contributed by atoms with van der Waals surface area (Å²) in [7, 11) is 0. The molecule has 0 radical (unpaired) electrons. The standard InChI is InChI=1S/C11H11NO2/c1-2-11(14)12-10(8-13)9-6-4-3-5-7-9/h1,3-7,10,13H,8H2,(H,12,14)/t10-/m1/s1. The molecule has 3 nitrogen and oxygen atoms in total. The van der Waals surface area contributed by atoms with Gasteiger partial charge in [0.25, 0.3) is 5.91 Å². The molecular formula is C11H11NO2. The van der Waals surface area contributed by atoms with E-state index in [1.54, 1.807) is 0 Å². The Balaban J connectivity index is 2.74. The molecule has 0 unspecified atom stereocenters. The van der Waals surface area contributed by atoms with Gasteiger partial charge >= 0.3 is 0 Å². The van der Waals surface area contributed by atoms with Crippen molar-refractivity contribution in [3.8, 4) is 12.3 Å². The number of carbonyl (C=O) groups is 1. The molecule has 0 saturated carbocycles. The number of aliphatic hydroxyl groups is 1. The molecule has 1 aromatic carbocycles. The Labute approximate surface area is 82.8 Å². The van der Waals surface area contributed by atoms with Crippen LogP contribution in [0.15, 0.2) is 30.3 Å². The number of hydrogen-bond donors (Lipinski definition) is 2. The molecule has 0 aliphatic carbocycles. The monoisotopic (exact) mass is 189 g/mol. The van der Waals surface area contributed by atoms with Gasteiger partial charge in [0.2, 0.25) is 0 Å². The minimum atomic E-state index is -0.520. The summed E-state index contributed by atoms with van der Waals surface area (Å²) in [5.41, 5.74) is 0.832. The van der Waals surface area contributed by atoms with E-state index in [0.29, 0.717) is 0 Å². The molecule has 1 amide bonds. The van der Waals surface area contributed by atoms with Gasteiger partial charge in [-0.2, -0.15) is 0 Å². The second-order valence-electron chi connectivity index (χ2n) is 2.76. The van der Waals surface area contributed by atoms with Crippen LogP contribution in [0.25, 0.3) is 0 Å². The Morgan fingerprint density at radius 1 is 1.50 bits per heavy atom. The normalized spacial score (nSPS) is 11.4. The maximum absolute atomic E-state index is 10.9. The molecule has 0 aliphatic rings. The van der Waals surface area contributed by atoms with Crippen LogP contribution in [0.1, 0.15) is 11.6 Å². The Kier molecular flexibility index (Phi) is 3.71. The van der Waals surface area contributed by atoms with Gasteiger partial charge in [0.15, 0.2) is 0 Å². The van der Waals surface area contributed by atoms with Crippen molar-refractivity contribution >= 4 is 5.91 Å². The summed E-state index contributed by atoms with van der Waals surface area (Å²) in [6, 6.07) is 8.73. The zero-order chi connectivity index (χ0) is 10.4. The number of benzene rings is 1. The average Bonchev–Trinajstić information content (AvgIpc) is 2.26. The van der Waals surface area contributed by atoms with Crippen LogP contribution in [0.5, 0.6) is 0 Å². The third kappa shape index (κ3) is 2.61. The zero-order valence-corrected chi connectivity index (χ0v) is 7.60. The van der Waals surface area contributed by atoms with Crippen LogP contribution < -0.4 is 5.32 Å². The predicted molar refractivity (Wildman–Crippen MR) is 53.2 cm³/mol. The average molecular weight is 189 g/mol. The van der Waals surface area contributed by atoms with Crippen molar-refractivity contribution in [3.05, 3.63) is 35.9 Å². The van der Waals surface area contributed by atoms with E-state index in [1.165, 1.54) is 0 Å². The topological polar surface area (TPSA) is 49.3 Å². The van der Waals surface area contributed by atoms with E-state index in [2.05, 4.69) is 5.32 Å². The maximum atomic E-state index is 10.9. The van der Waals surface area contributed by atoms with Gasteiger partial charge in [0.1, 0.15) is 0 Å². The molecule has 0 heterocycles. The molecule has 1 rings (SSSR count). The van der Waals surface area contributed by atoms with E-state index < -0.39 is 11.9 Å². The van der Waals surface area contributed by atoms with Crippen LogP contribution in [0.4, 0.5) is 0 Å². The largest absolute Gasteiger partial charge is 0.394 e. The maximum Gasteiger partial charge on any atom is 0.296 e. The Morgan fingerprint density at radius 2 is 2.14 bits per heavy atom. The first-order valence-electron chi connectivity index (χ1n) is 4.21. The first-order valence-corrected chi connectivity index (χ1v) is 4.21. The summed E-state index contributed by atoms with van der Waals surface area (Å²) in [6.45, 7) is -0.169. The van der Waals surface area contributed by atoms with Gasteiger partial charge in [0.05, 0.1) is 12.6 Å². The minimum absolute atomic E-state index is 0.169. The van der Waals surface area contributed by atoms with E-state index in [-0.39, 0.29) is 6.61 Å². The van der Waals surface area contributed by atoms with Crippen molar-refractivity contribution in [1.82, 2.24) is 5.32 Å². The van der Waals surface area contributed by atoms with Crippen LogP contribution in [0.2, 0.25) is 0 Å². The number of carbonyl (C=O) groups excluding carboxylic acids is 1. The van der Waals surface area contributed by atoms with Crippen molar-refractivity contribution in [2.75, 3.05) is 6.61 Å². The van der Waals surface area contributed by atoms with Gasteiger partial charge in [0, 0.05) is 0 Å². The number of terminal acetylenes is 1. The highest BCUT2D eigenvalue weighted by molar-refractivity contribution is 5.93. The first kappa shape index (κ1) is 10.3. The molecule has 14 heavy (non-hydrogen) atoms. The highest BCUT2D eigenvalue weighted by Crippen LogP contribution is 2.10. The lowest BCUT2D eigenvalue weighted by molar-refractivity contribution is -0.116. The molecule has 0 aliphatic heterocycles. The van der Waals surface area contributed by atoms with Crippen molar-refractivity contribution in [2.24, 2.45) is 0 Å². The van der Waals surface area contributed by atoms with Gasteiger partial charge in [-0.1, -0.05) is 30.3 Å². The summed E-state index contributed by atoms with van der Waals surface area (Å²) < 4.78 is 0. The molecule has 72 valence electrons. The van der Waals surface area contributed by atoms with Crippen LogP contribution in [0, 0.1) is 12.3 Å². The van der Waals surface area contributed by atoms with E-state index in [9.17, 15) is 4.79 Å². The highest BCUT2D eigenvalue weighted by atomic mass is 16.3. The fourth-order valence-electron chi connectivity index (χ4n) is 1.12. The van der Waals surface area contributed by atoms with Crippen molar-refractivity contribution in [2.45, 2.75) is 6.04 Å². The highest BCUT2D eigenvalue weighted by Gasteiger charge is 2.10. The second kappa shape index (κ2) is 5.05.